The number of aryl methyl sites for hydroxylation is 1. The summed E-state index contributed by atoms with van der Waals surface area (Å²) in [5, 5.41) is 6.12. The van der Waals surface area contributed by atoms with Crippen molar-refractivity contribution in [2.75, 3.05) is 11.1 Å². The van der Waals surface area contributed by atoms with E-state index in [0.717, 1.165) is 27.9 Å². The highest BCUT2D eigenvalue weighted by Gasteiger charge is 2.15. The van der Waals surface area contributed by atoms with E-state index in [0.29, 0.717) is 11.7 Å². The van der Waals surface area contributed by atoms with Gasteiger partial charge in [-0.1, -0.05) is 42.1 Å². The summed E-state index contributed by atoms with van der Waals surface area (Å²) >= 11 is 2.81. The number of anilines is 1. The van der Waals surface area contributed by atoms with Crippen LogP contribution in [-0.4, -0.2) is 26.2 Å². The summed E-state index contributed by atoms with van der Waals surface area (Å²) in [5.41, 5.74) is 2.95. The largest absolute Gasteiger partial charge is 0.467 e. The first kappa shape index (κ1) is 18.5. The van der Waals surface area contributed by atoms with E-state index in [1.165, 1.54) is 23.1 Å². The Balaban J connectivity index is 1.52. The van der Waals surface area contributed by atoms with Gasteiger partial charge in [-0.3, -0.25) is 4.79 Å². The van der Waals surface area contributed by atoms with Gasteiger partial charge in [0.25, 0.3) is 0 Å². The molecule has 0 spiro atoms. The molecule has 0 aliphatic carbocycles. The number of amides is 1. The molecule has 0 fully saturated rings. The van der Waals surface area contributed by atoms with E-state index in [4.69, 9.17) is 4.42 Å². The van der Waals surface area contributed by atoms with Gasteiger partial charge in [0, 0.05) is 5.38 Å². The Labute approximate surface area is 170 Å². The second-order valence-electron chi connectivity index (χ2n) is 6.09. The molecule has 0 saturated heterocycles. The molecule has 28 heavy (non-hydrogen) atoms. The van der Waals surface area contributed by atoms with E-state index in [1.54, 1.807) is 6.26 Å². The van der Waals surface area contributed by atoms with Crippen LogP contribution < -0.4 is 5.32 Å². The Hall–Kier alpha value is -2.84. The van der Waals surface area contributed by atoms with E-state index in [-0.39, 0.29) is 11.7 Å². The Morgan fingerprint density at radius 2 is 2.11 bits per heavy atom. The van der Waals surface area contributed by atoms with E-state index in [9.17, 15) is 4.79 Å². The van der Waals surface area contributed by atoms with Gasteiger partial charge < -0.3 is 14.3 Å². The van der Waals surface area contributed by atoms with Crippen LogP contribution in [0.3, 0.4) is 0 Å². The van der Waals surface area contributed by atoms with Crippen LogP contribution in [-0.2, 0) is 11.3 Å². The zero-order valence-electron chi connectivity index (χ0n) is 15.2. The predicted octanol–water partition coefficient (Wildman–Crippen LogP) is 4.69. The van der Waals surface area contributed by atoms with Gasteiger partial charge in [-0.15, -0.1) is 11.3 Å². The average molecular weight is 411 g/mol. The van der Waals surface area contributed by atoms with Crippen molar-refractivity contribution in [1.29, 1.82) is 0 Å². The van der Waals surface area contributed by atoms with Crippen molar-refractivity contribution in [3.8, 4) is 11.3 Å². The lowest BCUT2D eigenvalue weighted by molar-refractivity contribution is -0.113. The maximum atomic E-state index is 12.3. The number of imidazole rings is 1. The highest BCUT2D eigenvalue weighted by atomic mass is 32.2. The molecule has 142 valence electrons. The van der Waals surface area contributed by atoms with E-state index in [2.05, 4.69) is 19.9 Å². The Morgan fingerprint density at radius 1 is 1.25 bits per heavy atom. The monoisotopic (exact) mass is 410 g/mol. The van der Waals surface area contributed by atoms with Gasteiger partial charge in [-0.2, -0.15) is 0 Å². The summed E-state index contributed by atoms with van der Waals surface area (Å²) < 4.78 is 7.58. The predicted molar refractivity (Wildman–Crippen MR) is 112 cm³/mol. The van der Waals surface area contributed by atoms with E-state index < -0.39 is 0 Å². The minimum absolute atomic E-state index is 0.104. The van der Waals surface area contributed by atoms with Gasteiger partial charge in [0.2, 0.25) is 5.91 Å². The summed E-state index contributed by atoms with van der Waals surface area (Å²) in [6.07, 6.45) is 3.49. The third-order valence-corrected chi connectivity index (χ3v) is 5.85. The normalized spacial score (nSPS) is 10.9. The number of rotatable bonds is 7. The topological polar surface area (TPSA) is 73.0 Å². The van der Waals surface area contributed by atoms with Crippen LogP contribution in [0.2, 0.25) is 0 Å². The molecule has 1 N–H and O–H groups in total. The molecule has 0 unspecified atom stereocenters. The molecule has 6 nitrogen and oxygen atoms in total. The first-order valence-electron chi connectivity index (χ1n) is 8.67. The maximum absolute atomic E-state index is 12.3. The molecule has 3 aromatic heterocycles. The lowest BCUT2D eigenvalue weighted by atomic mass is 10.2. The second-order valence-corrected chi connectivity index (χ2v) is 7.89. The quantitative estimate of drug-likeness (QED) is 0.448. The molecular formula is C20H18N4O2S2. The molecule has 0 aliphatic heterocycles. The molecule has 0 atom stereocenters. The number of aromatic nitrogens is 3. The Morgan fingerprint density at radius 3 is 2.82 bits per heavy atom. The van der Waals surface area contributed by atoms with Crippen LogP contribution in [0.15, 0.2) is 69.9 Å². The standard InChI is InChI=1S/C20H18N4O2S2/c1-14-12-27-19(22-14)23-18(25)13-28-20-21-10-17(15-6-3-2-4-7-15)24(20)11-16-8-5-9-26-16/h2-10,12H,11,13H2,1H3,(H,22,23,25). The number of nitrogens with one attached hydrogen (secondary N) is 1. The van der Waals surface area contributed by atoms with Crippen molar-refractivity contribution in [3.05, 3.63) is 71.8 Å². The molecule has 8 heteroatoms. The molecule has 0 aliphatic rings. The molecule has 3 heterocycles. The van der Waals surface area contributed by atoms with Crippen LogP contribution in [0.25, 0.3) is 11.3 Å². The summed E-state index contributed by atoms with van der Waals surface area (Å²) in [5.74, 6) is 0.982. The van der Waals surface area contributed by atoms with Crippen LogP contribution >= 0.6 is 23.1 Å². The van der Waals surface area contributed by atoms with E-state index >= 15 is 0 Å². The molecule has 0 saturated carbocycles. The maximum Gasteiger partial charge on any atom is 0.236 e. The fourth-order valence-electron chi connectivity index (χ4n) is 2.72. The van der Waals surface area contributed by atoms with Gasteiger partial charge in [0.15, 0.2) is 10.3 Å². The van der Waals surface area contributed by atoms with Crippen molar-refractivity contribution in [2.45, 2.75) is 18.6 Å². The van der Waals surface area contributed by atoms with Gasteiger partial charge in [0.1, 0.15) is 5.76 Å². The highest BCUT2D eigenvalue weighted by Crippen LogP contribution is 2.27. The van der Waals surface area contributed by atoms with Gasteiger partial charge in [-0.25, -0.2) is 9.97 Å². The Kier molecular flexibility index (Phi) is 5.59. The molecule has 4 aromatic rings. The fourth-order valence-corrected chi connectivity index (χ4v) is 4.20. The smallest absolute Gasteiger partial charge is 0.236 e. The number of thiazole rings is 1. The SMILES string of the molecule is Cc1csc(NC(=O)CSc2ncc(-c3ccccc3)n2Cc2ccco2)n1. The minimum Gasteiger partial charge on any atom is -0.467 e. The fraction of sp³-hybridized carbons (Fsp3) is 0.150. The average Bonchev–Trinajstić information content (AvgIpc) is 3.44. The minimum atomic E-state index is -0.104. The van der Waals surface area contributed by atoms with Crippen LogP contribution in [0, 0.1) is 6.92 Å². The molecule has 4 rings (SSSR count). The Bertz CT molecular complexity index is 1060. The summed E-state index contributed by atoms with van der Waals surface area (Å²) in [6.45, 7) is 2.45. The van der Waals surface area contributed by atoms with Gasteiger partial charge in [0.05, 0.1) is 36.1 Å². The number of nitrogens with zero attached hydrogens (tertiary/aromatic N) is 3. The number of carbonyl (C=O) groups excluding carboxylic acids is 1. The summed E-state index contributed by atoms with van der Waals surface area (Å²) in [4.78, 5) is 21.1. The van der Waals surface area contributed by atoms with Crippen molar-refractivity contribution >= 4 is 34.1 Å². The van der Waals surface area contributed by atoms with Crippen LogP contribution in [0.1, 0.15) is 11.5 Å². The van der Waals surface area contributed by atoms with Crippen molar-refractivity contribution < 1.29 is 9.21 Å². The number of hydrogen-bond donors (Lipinski definition) is 1. The number of thioether (sulfide) groups is 1. The molecule has 1 amide bonds. The molecular weight excluding hydrogens is 392 g/mol. The van der Waals surface area contributed by atoms with Crippen LogP contribution in [0.4, 0.5) is 5.13 Å². The lowest BCUT2D eigenvalue weighted by Crippen LogP contribution is -2.14. The number of benzene rings is 1. The third-order valence-electron chi connectivity index (χ3n) is 3.98. The number of furan rings is 1. The zero-order chi connectivity index (χ0) is 19.3. The molecule has 0 radical (unpaired) electrons. The lowest BCUT2D eigenvalue weighted by Gasteiger charge is -2.10. The van der Waals surface area contributed by atoms with Gasteiger partial charge >= 0.3 is 0 Å². The first-order chi connectivity index (χ1) is 13.7. The van der Waals surface area contributed by atoms with Crippen molar-refractivity contribution in [2.24, 2.45) is 0 Å². The molecule has 1 aromatic carbocycles. The summed E-state index contributed by atoms with van der Waals surface area (Å²) in [6, 6.07) is 13.9. The van der Waals surface area contributed by atoms with Crippen LogP contribution in [0.5, 0.6) is 0 Å². The van der Waals surface area contributed by atoms with Gasteiger partial charge in [-0.05, 0) is 24.6 Å². The van der Waals surface area contributed by atoms with E-state index in [1.807, 2.05) is 61.0 Å². The second kappa shape index (κ2) is 8.45. The van der Waals surface area contributed by atoms with Crippen molar-refractivity contribution in [3.63, 3.8) is 0 Å². The summed E-state index contributed by atoms with van der Waals surface area (Å²) in [7, 11) is 0. The zero-order valence-corrected chi connectivity index (χ0v) is 16.8. The highest BCUT2D eigenvalue weighted by molar-refractivity contribution is 7.99. The number of carbonyl (C=O) groups is 1. The first-order valence-corrected chi connectivity index (χ1v) is 10.5. The number of hydrogen-bond acceptors (Lipinski definition) is 6. The third kappa shape index (κ3) is 4.35. The van der Waals surface area contributed by atoms with Crippen molar-refractivity contribution in [1.82, 2.24) is 14.5 Å². The molecule has 0 bridgehead atoms.